The highest BCUT2D eigenvalue weighted by Gasteiger charge is 2.28. The van der Waals surface area contributed by atoms with Crippen LogP contribution in [0.4, 0.5) is 0 Å². The molecule has 0 saturated carbocycles. The molecule has 0 radical (unpaired) electrons. The second-order valence-electron chi connectivity index (χ2n) is 4.91. The van der Waals surface area contributed by atoms with Crippen molar-refractivity contribution < 1.29 is 5.11 Å². The van der Waals surface area contributed by atoms with E-state index in [4.69, 9.17) is 0 Å². The Labute approximate surface area is 107 Å². The van der Waals surface area contributed by atoms with Gasteiger partial charge < -0.3 is 10.4 Å². The van der Waals surface area contributed by atoms with E-state index in [2.05, 4.69) is 24.4 Å². The van der Waals surface area contributed by atoms with E-state index in [1.807, 2.05) is 36.4 Å². The van der Waals surface area contributed by atoms with Crippen LogP contribution in [0.2, 0.25) is 0 Å². The van der Waals surface area contributed by atoms with Gasteiger partial charge in [-0.15, -0.1) is 0 Å². The lowest BCUT2D eigenvalue weighted by Crippen LogP contribution is -2.20. The highest BCUT2D eigenvalue weighted by Crippen LogP contribution is 2.34. The molecule has 0 bridgehead atoms. The van der Waals surface area contributed by atoms with E-state index in [0.717, 1.165) is 12.1 Å². The van der Waals surface area contributed by atoms with Crippen molar-refractivity contribution in [2.45, 2.75) is 25.6 Å². The lowest BCUT2D eigenvalue weighted by Gasteiger charge is -2.20. The van der Waals surface area contributed by atoms with Gasteiger partial charge in [-0.1, -0.05) is 54.1 Å². The zero-order chi connectivity index (χ0) is 12.5. The molecule has 2 heteroatoms. The van der Waals surface area contributed by atoms with Crippen molar-refractivity contribution >= 4 is 0 Å². The van der Waals surface area contributed by atoms with Gasteiger partial charge in [-0.05, 0) is 23.6 Å². The predicted molar refractivity (Wildman–Crippen MR) is 72.2 cm³/mol. The molecule has 2 unspecified atom stereocenters. The summed E-state index contributed by atoms with van der Waals surface area (Å²) in [5, 5.41) is 13.9. The molecule has 2 atom stereocenters. The fourth-order valence-corrected chi connectivity index (χ4v) is 2.57. The van der Waals surface area contributed by atoms with Gasteiger partial charge in [0.15, 0.2) is 0 Å². The van der Waals surface area contributed by atoms with Crippen molar-refractivity contribution in [2.75, 3.05) is 0 Å². The molecule has 2 nitrogen and oxygen atoms in total. The summed E-state index contributed by atoms with van der Waals surface area (Å²) in [5.74, 6) is 0. The molecule has 0 saturated heterocycles. The Morgan fingerprint density at radius 2 is 1.83 bits per heavy atom. The Balaban J connectivity index is 1.90. The van der Waals surface area contributed by atoms with Crippen LogP contribution in [0.25, 0.3) is 0 Å². The molecule has 2 N–H and O–H groups in total. The molecule has 0 spiro atoms. The van der Waals surface area contributed by atoms with Crippen LogP contribution >= 0.6 is 0 Å². The summed E-state index contributed by atoms with van der Waals surface area (Å²) in [4.78, 5) is 0. The van der Waals surface area contributed by atoms with E-state index >= 15 is 0 Å². The van der Waals surface area contributed by atoms with Crippen LogP contribution < -0.4 is 5.32 Å². The molecule has 0 aliphatic carbocycles. The van der Waals surface area contributed by atoms with Crippen LogP contribution in [0.5, 0.6) is 0 Å². The zero-order valence-electron chi connectivity index (χ0n) is 10.4. The number of hydrogen-bond donors (Lipinski definition) is 2. The number of fused-ring (bicyclic) bond motifs is 1. The van der Waals surface area contributed by atoms with Crippen LogP contribution in [-0.4, -0.2) is 5.11 Å². The minimum atomic E-state index is -0.491. The Morgan fingerprint density at radius 3 is 2.61 bits per heavy atom. The van der Waals surface area contributed by atoms with E-state index in [1.54, 1.807) is 0 Å². The first-order valence-corrected chi connectivity index (χ1v) is 6.31. The average Bonchev–Trinajstić information content (AvgIpc) is 2.82. The van der Waals surface area contributed by atoms with Crippen LogP contribution in [0.3, 0.4) is 0 Å². The summed E-state index contributed by atoms with van der Waals surface area (Å²) in [5.41, 5.74) is 4.68. The average molecular weight is 239 g/mol. The Bertz CT molecular complexity index is 547. The van der Waals surface area contributed by atoms with Crippen LogP contribution in [0, 0.1) is 6.92 Å². The maximum atomic E-state index is 10.5. The number of rotatable bonds is 2. The van der Waals surface area contributed by atoms with Gasteiger partial charge in [0.25, 0.3) is 0 Å². The highest BCUT2D eigenvalue weighted by molar-refractivity contribution is 5.36. The second-order valence-corrected chi connectivity index (χ2v) is 4.91. The van der Waals surface area contributed by atoms with E-state index in [9.17, 15) is 5.11 Å². The summed E-state index contributed by atoms with van der Waals surface area (Å²) in [6.07, 6.45) is -0.491. The fraction of sp³-hybridized carbons (Fsp3) is 0.250. The number of benzene rings is 2. The van der Waals surface area contributed by atoms with Crippen molar-refractivity contribution in [1.82, 2.24) is 5.32 Å². The number of aliphatic hydroxyl groups is 1. The van der Waals surface area contributed by atoms with Gasteiger partial charge in [-0.3, -0.25) is 0 Å². The van der Waals surface area contributed by atoms with Crippen molar-refractivity contribution in [2.24, 2.45) is 0 Å². The van der Waals surface area contributed by atoms with Crippen molar-refractivity contribution in [1.29, 1.82) is 0 Å². The summed E-state index contributed by atoms with van der Waals surface area (Å²) in [6.45, 7) is 2.89. The van der Waals surface area contributed by atoms with Gasteiger partial charge in [0.05, 0.1) is 12.1 Å². The molecule has 0 aromatic heterocycles. The third-order valence-corrected chi connectivity index (χ3v) is 3.64. The number of aliphatic hydroxyl groups excluding tert-OH is 1. The molecule has 2 aromatic carbocycles. The van der Waals surface area contributed by atoms with Crippen LogP contribution in [0.1, 0.15) is 34.4 Å². The van der Waals surface area contributed by atoms with E-state index in [1.165, 1.54) is 16.7 Å². The molecule has 1 heterocycles. The maximum Gasteiger partial charge on any atom is 0.0984 e. The van der Waals surface area contributed by atoms with Gasteiger partial charge in [0, 0.05) is 6.54 Å². The molecule has 18 heavy (non-hydrogen) atoms. The standard InChI is InChI=1S/C16H17NO/c1-11-6-8-12(9-7-11)16(18)15-14-5-3-2-4-13(14)10-17-15/h2-9,15-18H,10H2,1H3. The molecule has 0 amide bonds. The molecular weight excluding hydrogens is 222 g/mol. The molecule has 3 rings (SSSR count). The SMILES string of the molecule is Cc1ccc(C(O)C2NCc3ccccc32)cc1. The first-order valence-electron chi connectivity index (χ1n) is 6.31. The van der Waals surface area contributed by atoms with Crippen molar-refractivity contribution in [3.63, 3.8) is 0 Å². The normalized spacial score (nSPS) is 19.6. The molecule has 1 aliphatic rings. The maximum absolute atomic E-state index is 10.5. The predicted octanol–water partition coefficient (Wildman–Crippen LogP) is 2.87. The summed E-state index contributed by atoms with van der Waals surface area (Å²) >= 11 is 0. The smallest absolute Gasteiger partial charge is 0.0984 e. The third kappa shape index (κ3) is 1.94. The lowest BCUT2D eigenvalue weighted by atomic mass is 9.95. The quantitative estimate of drug-likeness (QED) is 0.844. The van der Waals surface area contributed by atoms with Gasteiger partial charge in [0.1, 0.15) is 0 Å². The molecule has 0 fully saturated rings. The Morgan fingerprint density at radius 1 is 1.11 bits per heavy atom. The van der Waals surface area contributed by atoms with Gasteiger partial charge in [-0.25, -0.2) is 0 Å². The summed E-state index contributed by atoms with van der Waals surface area (Å²) in [6, 6.07) is 16.4. The molecular formula is C16H17NO. The van der Waals surface area contributed by atoms with E-state index in [-0.39, 0.29) is 6.04 Å². The Hall–Kier alpha value is -1.64. The fourth-order valence-electron chi connectivity index (χ4n) is 2.57. The third-order valence-electron chi connectivity index (χ3n) is 3.64. The molecule has 92 valence electrons. The Kier molecular flexibility index (Phi) is 2.90. The number of nitrogens with one attached hydrogen (secondary N) is 1. The van der Waals surface area contributed by atoms with E-state index < -0.39 is 6.10 Å². The number of hydrogen-bond acceptors (Lipinski definition) is 2. The van der Waals surface area contributed by atoms with Gasteiger partial charge >= 0.3 is 0 Å². The minimum absolute atomic E-state index is 0.00362. The minimum Gasteiger partial charge on any atom is -0.386 e. The van der Waals surface area contributed by atoms with Crippen LogP contribution in [-0.2, 0) is 6.54 Å². The van der Waals surface area contributed by atoms with Crippen LogP contribution in [0.15, 0.2) is 48.5 Å². The second kappa shape index (κ2) is 4.56. The first kappa shape index (κ1) is 11.5. The van der Waals surface area contributed by atoms with Gasteiger partial charge in [-0.2, -0.15) is 0 Å². The van der Waals surface area contributed by atoms with Crippen molar-refractivity contribution in [3.05, 3.63) is 70.8 Å². The topological polar surface area (TPSA) is 32.3 Å². The van der Waals surface area contributed by atoms with E-state index in [0.29, 0.717) is 0 Å². The summed E-state index contributed by atoms with van der Waals surface area (Å²) in [7, 11) is 0. The first-order chi connectivity index (χ1) is 8.75. The van der Waals surface area contributed by atoms with Gasteiger partial charge in [0.2, 0.25) is 0 Å². The molecule has 1 aliphatic heterocycles. The number of aryl methyl sites for hydroxylation is 1. The van der Waals surface area contributed by atoms with Crippen molar-refractivity contribution in [3.8, 4) is 0 Å². The zero-order valence-corrected chi connectivity index (χ0v) is 10.4. The lowest BCUT2D eigenvalue weighted by molar-refractivity contribution is 0.133. The highest BCUT2D eigenvalue weighted by atomic mass is 16.3. The largest absolute Gasteiger partial charge is 0.386 e. The summed E-state index contributed by atoms with van der Waals surface area (Å²) < 4.78 is 0. The monoisotopic (exact) mass is 239 g/mol. The molecule has 2 aromatic rings.